The van der Waals surface area contributed by atoms with Gasteiger partial charge in [-0.1, -0.05) is 123 Å². The van der Waals surface area contributed by atoms with E-state index in [2.05, 4.69) is 151 Å². The standard InChI is InChI=1S/C43H27BN2O/c1-43(2)32-16-6-7-19-35(32)46-39-28(14-9-17-33(39)43)30-23-31-26-13-5-8-20-36(26)47-42(31)41-37(30)44(46)34-18-10-15-27-29-22-21-24-11-3-4-12-25(24)38(29)45(41)40(27)34/h3-23H,1-2H3. The van der Waals surface area contributed by atoms with E-state index in [0.717, 1.165) is 16.6 Å². The van der Waals surface area contributed by atoms with Crippen LogP contribution in [0.1, 0.15) is 25.0 Å². The largest absolute Gasteiger partial charge is 0.454 e. The molecule has 3 nitrogen and oxygen atoms in total. The summed E-state index contributed by atoms with van der Waals surface area (Å²) >= 11 is 0. The zero-order valence-corrected chi connectivity index (χ0v) is 26.0. The van der Waals surface area contributed by atoms with Crippen LogP contribution in [0.15, 0.2) is 132 Å². The van der Waals surface area contributed by atoms with Gasteiger partial charge in [-0.05, 0) is 51.2 Å². The molecule has 0 N–H and O–H groups in total. The van der Waals surface area contributed by atoms with Gasteiger partial charge in [-0.15, -0.1) is 0 Å². The number of hydrogen-bond donors (Lipinski definition) is 0. The van der Waals surface area contributed by atoms with Crippen LogP contribution in [0, 0.1) is 0 Å². The van der Waals surface area contributed by atoms with E-state index in [1.54, 1.807) is 0 Å². The van der Waals surface area contributed by atoms with E-state index in [-0.39, 0.29) is 12.3 Å². The Morgan fingerprint density at radius 3 is 2.26 bits per heavy atom. The summed E-state index contributed by atoms with van der Waals surface area (Å²) in [5.74, 6) is 0. The topological polar surface area (TPSA) is 21.3 Å². The summed E-state index contributed by atoms with van der Waals surface area (Å²) < 4.78 is 9.52. The second kappa shape index (κ2) is 7.97. The molecule has 0 saturated heterocycles. The predicted octanol–water partition coefficient (Wildman–Crippen LogP) is 9.71. The van der Waals surface area contributed by atoms with Crippen molar-refractivity contribution in [2.45, 2.75) is 19.3 Å². The molecule has 4 heteroatoms. The van der Waals surface area contributed by atoms with Crippen molar-refractivity contribution >= 4 is 83.7 Å². The maximum atomic E-state index is 6.96. The molecule has 2 aromatic heterocycles. The molecule has 12 rings (SSSR count). The maximum Gasteiger partial charge on any atom is 0.333 e. The highest BCUT2D eigenvalue weighted by Gasteiger charge is 2.50. The Morgan fingerprint density at radius 2 is 1.32 bits per heavy atom. The fourth-order valence-corrected chi connectivity index (χ4v) is 9.57. The number of para-hydroxylation sites is 4. The van der Waals surface area contributed by atoms with E-state index < -0.39 is 0 Å². The third-order valence-electron chi connectivity index (χ3n) is 11.5. The smallest absolute Gasteiger partial charge is 0.333 e. The number of fused-ring (bicyclic) bond motifs is 15. The molecule has 7 aromatic carbocycles. The lowest BCUT2D eigenvalue weighted by Gasteiger charge is -2.49. The Labute approximate surface area is 271 Å². The summed E-state index contributed by atoms with van der Waals surface area (Å²) in [6, 6.07) is 47.3. The van der Waals surface area contributed by atoms with Crippen LogP contribution in [0.3, 0.4) is 0 Å². The van der Waals surface area contributed by atoms with Crippen molar-refractivity contribution in [2.24, 2.45) is 0 Å². The molecule has 3 aliphatic rings. The highest BCUT2D eigenvalue weighted by atomic mass is 16.3. The lowest BCUT2D eigenvalue weighted by atomic mass is 9.43. The number of rotatable bonds is 0. The number of anilines is 2. The predicted molar refractivity (Wildman–Crippen MR) is 197 cm³/mol. The van der Waals surface area contributed by atoms with Gasteiger partial charge in [-0.2, -0.15) is 0 Å². The lowest BCUT2D eigenvalue weighted by molar-refractivity contribution is 0.634. The summed E-state index contributed by atoms with van der Waals surface area (Å²) in [5, 5.41) is 7.40. The summed E-state index contributed by atoms with van der Waals surface area (Å²) in [6.45, 7) is 4.75. The molecule has 5 heterocycles. The van der Waals surface area contributed by atoms with E-state index in [0.29, 0.717) is 0 Å². The molecule has 47 heavy (non-hydrogen) atoms. The zero-order valence-electron chi connectivity index (χ0n) is 26.0. The molecule has 0 amide bonds. The molecule has 3 aliphatic heterocycles. The monoisotopic (exact) mass is 598 g/mol. The van der Waals surface area contributed by atoms with E-state index in [1.165, 1.54) is 88.2 Å². The van der Waals surface area contributed by atoms with Crippen molar-refractivity contribution in [3.63, 3.8) is 0 Å². The van der Waals surface area contributed by atoms with Crippen molar-refractivity contribution in [1.82, 2.24) is 4.57 Å². The minimum Gasteiger partial charge on any atom is -0.454 e. The van der Waals surface area contributed by atoms with Crippen molar-refractivity contribution < 1.29 is 4.42 Å². The second-order valence-electron chi connectivity index (χ2n) is 14.0. The second-order valence-corrected chi connectivity index (χ2v) is 14.0. The summed E-state index contributed by atoms with van der Waals surface area (Å²) in [7, 11) is 0. The molecule has 0 unspecified atom stereocenters. The maximum absolute atomic E-state index is 6.96. The van der Waals surface area contributed by atoms with Gasteiger partial charge in [0.2, 0.25) is 0 Å². The number of furan rings is 1. The van der Waals surface area contributed by atoms with Gasteiger partial charge in [0.1, 0.15) is 5.58 Å². The first-order valence-corrected chi connectivity index (χ1v) is 16.6. The van der Waals surface area contributed by atoms with Gasteiger partial charge in [0.15, 0.2) is 5.58 Å². The van der Waals surface area contributed by atoms with Crippen LogP contribution in [-0.4, -0.2) is 11.4 Å². The van der Waals surface area contributed by atoms with Crippen molar-refractivity contribution in [2.75, 3.05) is 4.81 Å². The number of hydrogen-bond acceptors (Lipinski definition) is 2. The van der Waals surface area contributed by atoms with Gasteiger partial charge < -0.3 is 13.8 Å². The first-order chi connectivity index (χ1) is 23.1. The van der Waals surface area contributed by atoms with Crippen LogP contribution >= 0.6 is 0 Å². The molecule has 9 aromatic rings. The molecule has 0 spiro atoms. The zero-order chi connectivity index (χ0) is 30.8. The Kier molecular flexibility index (Phi) is 4.15. The molecule has 0 atom stereocenters. The fourth-order valence-electron chi connectivity index (χ4n) is 9.57. The van der Waals surface area contributed by atoms with Gasteiger partial charge >= 0.3 is 6.85 Å². The Hall–Kier alpha value is -5.74. The van der Waals surface area contributed by atoms with Crippen LogP contribution < -0.4 is 15.7 Å². The molecule has 0 saturated carbocycles. The first-order valence-electron chi connectivity index (χ1n) is 16.6. The molecule has 0 aliphatic carbocycles. The van der Waals surface area contributed by atoms with Gasteiger partial charge in [0.05, 0.1) is 16.7 Å². The first kappa shape index (κ1) is 24.5. The van der Waals surface area contributed by atoms with Crippen LogP contribution in [0.5, 0.6) is 0 Å². The summed E-state index contributed by atoms with van der Waals surface area (Å²) in [5.41, 5.74) is 16.1. The molecule has 0 fully saturated rings. The van der Waals surface area contributed by atoms with Crippen LogP contribution in [-0.2, 0) is 5.41 Å². The molecular weight excluding hydrogens is 571 g/mol. The minimum atomic E-state index is -0.139. The van der Waals surface area contributed by atoms with Gasteiger partial charge in [0, 0.05) is 49.3 Å². The Balaban J connectivity index is 1.38. The Morgan fingerprint density at radius 1 is 0.574 bits per heavy atom. The molecule has 0 radical (unpaired) electrons. The van der Waals surface area contributed by atoms with Gasteiger partial charge in [0.25, 0.3) is 0 Å². The number of nitrogens with zero attached hydrogens (tertiary/aromatic N) is 2. The SMILES string of the molecule is CC1(C)c2ccccc2N2B3c4c(cc5c(oc6ccccc65)c4-n4c5c3cccc5c3ccc5ccccc5c34)-c3cccc1c32. The van der Waals surface area contributed by atoms with Crippen LogP contribution in [0.25, 0.3) is 71.3 Å². The molecule has 218 valence electrons. The van der Waals surface area contributed by atoms with Crippen molar-refractivity contribution in [3.05, 3.63) is 139 Å². The average Bonchev–Trinajstić information content (AvgIpc) is 3.66. The molecular formula is C43H27BN2O. The third-order valence-corrected chi connectivity index (χ3v) is 11.5. The highest BCUT2D eigenvalue weighted by Crippen LogP contribution is 2.56. The van der Waals surface area contributed by atoms with Crippen LogP contribution in [0.4, 0.5) is 11.4 Å². The number of aromatic nitrogens is 1. The minimum absolute atomic E-state index is 0.0183. The summed E-state index contributed by atoms with van der Waals surface area (Å²) in [4.78, 5) is 2.67. The normalized spacial score (nSPS) is 15.1. The van der Waals surface area contributed by atoms with E-state index in [9.17, 15) is 0 Å². The van der Waals surface area contributed by atoms with E-state index >= 15 is 0 Å². The highest BCUT2D eigenvalue weighted by molar-refractivity contribution is 6.94. The van der Waals surface area contributed by atoms with E-state index in [1.807, 2.05) is 0 Å². The van der Waals surface area contributed by atoms with Crippen molar-refractivity contribution in [3.8, 4) is 16.8 Å². The third kappa shape index (κ3) is 2.68. The van der Waals surface area contributed by atoms with Gasteiger partial charge in [-0.3, -0.25) is 0 Å². The number of benzene rings is 7. The molecule has 0 bridgehead atoms. The van der Waals surface area contributed by atoms with Crippen LogP contribution in [0.2, 0.25) is 0 Å². The average molecular weight is 599 g/mol. The Bertz CT molecular complexity index is 2910. The van der Waals surface area contributed by atoms with Gasteiger partial charge in [-0.25, -0.2) is 0 Å². The fraction of sp³-hybridized carbons (Fsp3) is 0.0698. The van der Waals surface area contributed by atoms with E-state index in [4.69, 9.17) is 4.42 Å². The van der Waals surface area contributed by atoms with Crippen molar-refractivity contribution in [1.29, 1.82) is 0 Å². The summed E-state index contributed by atoms with van der Waals surface area (Å²) in [6.07, 6.45) is 0. The quantitative estimate of drug-likeness (QED) is 0.162. The lowest BCUT2D eigenvalue weighted by Crippen LogP contribution is -2.62.